The molecule has 6 heteroatoms. The fraction of sp³-hybridized carbons (Fsp3) is 0.429. The van der Waals surface area contributed by atoms with E-state index in [0.29, 0.717) is 18.4 Å². The zero-order valence-corrected chi connectivity index (χ0v) is 11.1. The summed E-state index contributed by atoms with van der Waals surface area (Å²) in [5.41, 5.74) is 5.43. The van der Waals surface area contributed by atoms with Gasteiger partial charge in [0.2, 0.25) is 5.91 Å². The Hall–Kier alpha value is -2.11. The second kappa shape index (κ2) is 5.90. The highest BCUT2D eigenvalue weighted by Crippen LogP contribution is 2.38. The van der Waals surface area contributed by atoms with Gasteiger partial charge in [-0.1, -0.05) is 30.1 Å². The Morgan fingerprint density at radius 2 is 2.15 bits per heavy atom. The molecule has 5 nitrogen and oxygen atoms in total. The quantitative estimate of drug-likeness (QED) is 0.339. The molecular formula is C14H18FN3O2. The normalized spacial score (nSPS) is 17.9. The maximum absolute atomic E-state index is 13.1. The maximum Gasteiger partial charge on any atom is 0.234 e. The number of amidine groups is 1. The standard InChI is InChI=1S/C14H18FN3O2/c15-11-5-3-4-10(8-11)9-17-13(19)14(12(16)18-20)6-1-2-7-14/h3-5,8,20H,1-2,6-7,9H2,(H2,16,18)(H,17,19). The van der Waals surface area contributed by atoms with Crippen molar-refractivity contribution >= 4 is 11.7 Å². The molecule has 0 unspecified atom stereocenters. The number of carbonyl (C=O) groups is 1. The van der Waals surface area contributed by atoms with Gasteiger partial charge < -0.3 is 16.3 Å². The van der Waals surface area contributed by atoms with Gasteiger partial charge in [0.1, 0.15) is 11.2 Å². The van der Waals surface area contributed by atoms with Crippen LogP contribution in [0.1, 0.15) is 31.2 Å². The number of oxime groups is 1. The molecule has 0 saturated heterocycles. The Bertz CT molecular complexity index is 525. The van der Waals surface area contributed by atoms with E-state index >= 15 is 0 Å². The number of hydrogen-bond donors (Lipinski definition) is 3. The minimum atomic E-state index is -0.928. The zero-order chi connectivity index (χ0) is 14.6. The Morgan fingerprint density at radius 1 is 1.45 bits per heavy atom. The van der Waals surface area contributed by atoms with Crippen LogP contribution >= 0.6 is 0 Å². The fourth-order valence-corrected chi connectivity index (χ4v) is 2.67. The molecule has 2 rings (SSSR count). The summed E-state index contributed by atoms with van der Waals surface area (Å²) in [6.45, 7) is 0.219. The second-order valence-electron chi connectivity index (χ2n) is 5.09. The van der Waals surface area contributed by atoms with Gasteiger partial charge in [-0.25, -0.2) is 4.39 Å². The van der Waals surface area contributed by atoms with Crippen molar-refractivity contribution in [1.29, 1.82) is 0 Å². The summed E-state index contributed by atoms with van der Waals surface area (Å²) in [4.78, 5) is 12.3. The first-order chi connectivity index (χ1) is 9.58. The molecule has 0 spiro atoms. The highest BCUT2D eigenvalue weighted by molar-refractivity contribution is 6.07. The molecule has 1 aliphatic rings. The van der Waals surface area contributed by atoms with Crippen molar-refractivity contribution in [3.63, 3.8) is 0 Å². The lowest BCUT2D eigenvalue weighted by Crippen LogP contribution is -2.48. The van der Waals surface area contributed by atoms with Gasteiger partial charge in [0.25, 0.3) is 0 Å². The molecule has 0 atom stereocenters. The third-order valence-corrected chi connectivity index (χ3v) is 3.83. The Balaban J connectivity index is 2.07. The number of benzene rings is 1. The molecular weight excluding hydrogens is 261 g/mol. The van der Waals surface area contributed by atoms with Gasteiger partial charge >= 0.3 is 0 Å². The van der Waals surface area contributed by atoms with Crippen LogP contribution in [0.3, 0.4) is 0 Å². The number of rotatable bonds is 4. The summed E-state index contributed by atoms with van der Waals surface area (Å²) in [5, 5.41) is 14.6. The van der Waals surface area contributed by atoms with Crippen molar-refractivity contribution in [3.8, 4) is 0 Å². The van der Waals surface area contributed by atoms with Crippen LogP contribution in [0.2, 0.25) is 0 Å². The van der Waals surface area contributed by atoms with Gasteiger partial charge in [-0.2, -0.15) is 0 Å². The molecule has 0 heterocycles. The van der Waals surface area contributed by atoms with E-state index in [1.807, 2.05) is 0 Å². The summed E-state index contributed by atoms with van der Waals surface area (Å²) >= 11 is 0. The van der Waals surface area contributed by atoms with Crippen molar-refractivity contribution in [2.45, 2.75) is 32.2 Å². The SMILES string of the molecule is NC(=NO)C1(C(=O)NCc2cccc(F)c2)CCCC1. The molecule has 20 heavy (non-hydrogen) atoms. The van der Waals surface area contributed by atoms with E-state index in [9.17, 15) is 9.18 Å². The van der Waals surface area contributed by atoms with Crippen molar-refractivity contribution in [2.24, 2.45) is 16.3 Å². The number of amides is 1. The van der Waals surface area contributed by atoms with E-state index in [1.165, 1.54) is 12.1 Å². The van der Waals surface area contributed by atoms with Crippen molar-refractivity contribution in [1.82, 2.24) is 5.32 Å². The van der Waals surface area contributed by atoms with Crippen LogP contribution in [0.5, 0.6) is 0 Å². The van der Waals surface area contributed by atoms with Gasteiger partial charge in [-0.05, 0) is 30.5 Å². The van der Waals surface area contributed by atoms with Gasteiger partial charge in [0, 0.05) is 6.54 Å². The number of halogens is 1. The zero-order valence-electron chi connectivity index (χ0n) is 11.1. The molecule has 1 aliphatic carbocycles. The van der Waals surface area contributed by atoms with Crippen LogP contribution < -0.4 is 11.1 Å². The summed E-state index contributed by atoms with van der Waals surface area (Å²) in [6, 6.07) is 6.03. The fourth-order valence-electron chi connectivity index (χ4n) is 2.67. The van der Waals surface area contributed by atoms with Crippen LogP contribution in [0.4, 0.5) is 4.39 Å². The Kier molecular flexibility index (Phi) is 4.22. The van der Waals surface area contributed by atoms with E-state index in [2.05, 4.69) is 10.5 Å². The van der Waals surface area contributed by atoms with E-state index in [4.69, 9.17) is 10.9 Å². The third-order valence-electron chi connectivity index (χ3n) is 3.83. The number of hydrogen-bond acceptors (Lipinski definition) is 3. The van der Waals surface area contributed by atoms with Crippen molar-refractivity contribution < 1.29 is 14.4 Å². The summed E-state index contributed by atoms with van der Waals surface area (Å²) in [5.74, 6) is -0.662. The number of nitrogens with two attached hydrogens (primary N) is 1. The summed E-state index contributed by atoms with van der Waals surface area (Å²) in [7, 11) is 0. The lowest BCUT2D eigenvalue weighted by molar-refractivity contribution is -0.127. The van der Waals surface area contributed by atoms with E-state index in [0.717, 1.165) is 12.8 Å². The van der Waals surface area contributed by atoms with Crippen LogP contribution in [-0.4, -0.2) is 17.0 Å². The average Bonchev–Trinajstić information content (AvgIpc) is 2.95. The smallest absolute Gasteiger partial charge is 0.234 e. The highest BCUT2D eigenvalue weighted by atomic mass is 19.1. The lowest BCUT2D eigenvalue weighted by Gasteiger charge is -2.26. The van der Waals surface area contributed by atoms with Crippen LogP contribution in [0.25, 0.3) is 0 Å². The number of nitrogens with zero attached hydrogens (tertiary/aromatic N) is 1. The number of nitrogens with one attached hydrogen (secondary N) is 1. The average molecular weight is 279 g/mol. The van der Waals surface area contributed by atoms with E-state index < -0.39 is 5.41 Å². The minimum Gasteiger partial charge on any atom is -0.409 e. The molecule has 1 aromatic carbocycles. The van der Waals surface area contributed by atoms with E-state index in [-0.39, 0.29) is 24.1 Å². The van der Waals surface area contributed by atoms with Crippen LogP contribution in [0, 0.1) is 11.2 Å². The monoisotopic (exact) mass is 279 g/mol. The molecule has 4 N–H and O–H groups in total. The Labute approximate surface area is 116 Å². The molecule has 0 aliphatic heterocycles. The molecule has 0 aromatic heterocycles. The molecule has 108 valence electrons. The Morgan fingerprint density at radius 3 is 2.75 bits per heavy atom. The summed E-state index contributed by atoms with van der Waals surface area (Å²) < 4.78 is 13.1. The largest absolute Gasteiger partial charge is 0.409 e. The molecule has 1 aromatic rings. The molecule has 0 bridgehead atoms. The van der Waals surface area contributed by atoms with Gasteiger partial charge in [-0.15, -0.1) is 0 Å². The third kappa shape index (κ3) is 2.74. The van der Waals surface area contributed by atoms with Crippen molar-refractivity contribution in [3.05, 3.63) is 35.6 Å². The first-order valence-corrected chi connectivity index (χ1v) is 6.59. The van der Waals surface area contributed by atoms with Gasteiger partial charge in [0.15, 0.2) is 5.84 Å². The van der Waals surface area contributed by atoms with Crippen LogP contribution in [0.15, 0.2) is 29.4 Å². The topological polar surface area (TPSA) is 87.7 Å². The highest BCUT2D eigenvalue weighted by Gasteiger charge is 2.45. The maximum atomic E-state index is 13.1. The van der Waals surface area contributed by atoms with E-state index in [1.54, 1.807) is 12.1 Å². The van der Waals surface area contributed by atoms with Gasteiger partial charge in [-0.3, -0.25) is 4.79 Å². The first kappa shape index (κ1) is 14.3. The molecule has 1 fully saturated rings. The first-order valence-electron chi connectivity index (χ1n) is 6.59. The van der Waals surface area contributed by atoms with Crippen molar-refractivity contribution in [2.75, 3.05) is 0 Å². The predicted octanol–water partition coefficient (Wildman–Crippen LogP) is 1.75. The summed E-state index contributed by atoms with van der Waals surface area (Å²) in [6.07, 6.45) is 2.86. The second-order valence-corrected chi connectivity index (χ2v) is 5.09. The number of carbonyl (C=O) groups excluding carboxylic acids is 1. The lowest BCUT2D eigenvalue weighted by atomic mass is 9.83. The molecule has 0 radical (unpaired) electrons. The molecule has 1 saturated carbocycles. The molecule has 1 amide bonds. The minimum absolute atomic E-state index is 0.0493. The predicted molar refractivity (Wildman–Crippen MR) is 72.6 cm³/mol. The van der Waals surface area contributed by atoms with Crippen LogP contribution in [-0.2, 0) is 11.3 Å². The van der Waals surface area contributed by atoms with Gasteiger partial charge in [0.05, 0.1) is 0 Å².